The van der Waals surface area contributed by atoms with E-state index in [2.05, 4.69) is 11.9 Å². The third-order valence-corrected chi connectivity index (χ3v) is 8.30. The fourth-order valence-electron chi connectivity index (χ4n) is 3.39. The van der Waals surface area contributed by atoms with Crippen LogP contribution in [-0.2, 0) is 14.8 Å². The Morgan fingerprint density at radius 3 is 2.48 bits per heavy atom. The molecule has 31 heavy (non-hydrogen) atoms. The van der Waals surface area contributed by atoms with Crippen LogP contribution < -0.4 is 5.32 Å². The standard InChI is InChI=1S/C23H29N3O3S2/c1-4-15-30-22-8-6-5-7-21(22)24-23(27)17-25-11-13-26(14-12-25)31(28,29)20-10-9-18(2)19(3)16-20/h4-10,16H,1,11-15,17H2,2-3H3,(H,24,27). The number of carbonyl (C=O) groups is 1. The first kappa shape index (κ1) is 23.5. The molecule has 0 unspecified atom stereocenters. The highest BCUT2D eigenvalue weighted by atomic mass is 32.2. The van der Waals surface area contributed by atoms with Crippen LogP contribution in [-0.4, -0.2) is 62.0 Å². The third-order valence-electron chi connectivity index (χ3n) is 5.33. The first-order valence-corrected chi connectivity index (χ1v) is 12.7. The summed E-state index contributed by atoms with van der Waals surface area (Å²) in [4.78, 5) is 15.9. The van der Waals surface area contributed by atoms with Crippen molar-refractivity contribution < 1.29 is 13.2 Å². The molecule has 0 aliphatic carbocycles. The molecule has 0 radical (unpaired) electrons. The Morgan fingerprint density at radius 2 is 1.81 bits per heavy atom. The SMILES string of the molecule is C=CCSc1ccccc1NC(=O)CN1CCN(S(=O)(=O)c2ccc(C)c(C)c2)CC1. The summed E-state index contributed by atoms with van der Waals surface area (Å²) in [5, 5.41) is 2.98. The summed E-state index contributed by atoms with van der Waals surface area (Å²) in [6, 6.07) is 12.9. The van der Waals surface area contributed by atoms with Crippen molar-refractivity contribution in [1.82, 2.24) is 9.21 Å². The molecule has 3 rings (SSSR count). The van der Waals surface area contributed by atoms with Crippen molar-refractivity contribution >= 4 is 33.4 Å². The summed E-state index contributed by atoms with van der Waals surface area (Å²) >= 11 is 1.62. The van der Waals surface area contributed by atoms with Crippen LogP contribution >= 0.6 is 11.8 Å². The summed E-state index contributed by atoms with van der Waals surface area (Å²) in [7, 11) is -3.52. The molecule has 0 atom stereocenters. The first-order chi connectivity index (χ1) is 14.8. The van der Waals surface area contributed by atoms with Gasteiger partial charge in [-0.1, -0.05) is 24.3 Å². The van der Waals surface area contributed by atoms with Crippen LogP contribution in [0.15, 0.2) is 64.9 Å². The maximum Gasteiger partial charge on any atom is 0.243 e. The zero-order valence-electron chi connectivity index (χ0n) is 18.0. The Bertz CT molecular complexity index is 1050. The van der Waals surface area contributed by atoms with Gasteiger partial charge in [0.2, 0.25) is 15.9 Å². The number of rotatable bonds is 8. The summed E-state index contributed by atoms with van der Waals surface area (Å²) in [6.07, 6.45) is 1.83. The van der Waals surface area contributed by atoms with Gasteiger partial charge in [0.05, 0.1) is 17.1 Å². The van der Waals surface area contributed by atoms with E-state index >= 15 is 0 Å². The highest BCUT2D eigenvalue weighted by molar-refractivity contribution is 7.99. The van der Waals surface area contributed by atoms with Crippen LogP contribution in [0.5, 0.6) is 0 Å². The number of hydrogen-bond acceptors (Lipinski definition) is 5. The molecule has 1 fully saturated rings. The molecule has 1 N–H and O–H groups in total. The Kier molecular flexibility index (Phi) is 7.94. The molecular weight excluding hydrogens is 430 g/mol. The molecule has 1 saturated heterocycles. The fraction of sp³-hybridized carbons (Fsp3) is 0.348. The number of carbonyl (C=O) groups excluding carboxylic acids is 1. The molecule has 6 nitrogen and oxygen atoms in total. The predicted molar refractivity (Wildman–Crippen MR) is 127 cm³/mol. The molecule has 2 aromatic rings. The van der Waals surface area contributed by atoms with Crippen molar-refractivity contribution in [3.8, 4) is 0 Å². The molecule has 2 aromatic carbocycles. The van der Waals surface area contributed by atoms with E-state index in [9.17, 15) is 13.2 Å². The summed E-state index contributed by atoms with van der Waals surface area (Å²) in [6.45, 7) is 9.62. The maximum absolute atomic E-state index is 13.0. The van der Waals surface area contributed by atoms with E-state index in [1.165, 1.54) is 4.31 Å². The fourth-order valence-corrected chi connectivity index (χ4v) is 5.64. The van der Waals surface area contributed by atoms with E-state index < -0.39 is 10.0 Å². The molecule has 0 bridgehead atoms. The largest absolute Gasteiger partial charge is 0.324 e. The lowest BCUT2D eigenvalue weighted by Crippen LogP contribution is -2.50. The van der Waals surface area contributed by atoms with Crippen LogP contribution in [0.4, 0.5) is 5.69 Å². The zero-order valence-corrected chi connectivity index (χ0v) is 19.6. The highest BCUT2D eigenvalue weighted by Crippen LogP contribution is 2.27. The number of piperazine rings is 1. The maximum atomic E-state index is 13.0. The highest BCUT2D eigenvalue weighted by Gasteiger charge is 2.29. The van der Waals surface area contributed by atoms with Gasteiger partial charge in [0, 0.05) is 36.8 Å². The average Bonchev–Trinajstić information content (AvgIpc) is 2.75. The molecule has 166 valence electrons. The van der Waals surface area contributed by atoms with Crippen LogP contribution in [0.1, 0.15) is 11.1 Å². The lowest BCUT2D eigenvalue weighted by Gasteiger charge is -2.33. The number of benzene rings is 2. The number of hydrogen-bond donors (Lipinski definition) is 1. The number of sulfonamides is 1. The van der Waals surface area contributed by atoms with Gasteiger partial charge in [0.1, 0.15) is 0 Å². The molecule has 1 aliphatic heterocycles. The van der Waals surface area contributed by atoms with Gasteiger partial charge in [-0.3, -0.25) is 9.69 Å². The molecule has 0 spiro atoms. The molecule has 8 heteroatoms. The molecule has 0 saturated carbocycles. The number of amides is 1. The number of nitrogens with zero attached hydrogens (tertiary/aromatic N) is 2. The average molecular weight is 460 g/mol. The topological polar surface area (TPSA) is 69.7 Å². The Balaban J connectivity index is 1.56. The van der Waals surface area contributed by atoms with Gasteiger partial charge in [0.15, 0.2) is 0 Å². The number of aryl methyl sites for hydroxylation is 2. The normalized spacial score (nSPS) is 15.5. The van der Waals surface area contributed by atoms with E-state index in [1.54, 1.807) is 23.9 Å². The van der Waals surface area contributed by atoms with Crippen molar-refractivity contribution in [2.24, 2.45) is 0 Å². The van der Waals surface area contributed by atoms with Crippen LogP contribution in [0, 0.1) is 13.8 Å². The molecule has 1 aliphatic rings. The molecule has 1 amide bonds. The lowest BCUT2D eigenvalue weighted by atomic mass is 10.1. The molecular formula is C23H29N3O3S2. The first-order valence-electron chi connectivity index (χ1n) is 10.2. The van der Waals surface area contributed by atoms with E-state index in [0.717, 1.165) is 27.5 Å². The van der Waals surface area contributed by atoms with Crippen molar-refractivity contribution in [3.63, 3.8) is 0 Å². The monoisotopic (exact) mass is 459 g/mol. The predicted octanol–water partition coefficient (Wildman–Crippen LogP) is 3.53. The van der Waals surface area contributed by atoms with Gasteiger partial charge in [-0.25, -0.2) is 8.42 Å². The number of para-hydroxylation sites is 1. The van der Waals surface area contributed by atoms with Crippen molar-refractivity contribution in [1.29, 1.82) is 0 Å². The van der Waals surface area contributed by atoms with Crippen LogP contribution in [0.25, 0.3) is 0 Å². The number of thioether (sulfide) groups is 1. The second-order valence-corrected chi connectivity index (χ2v) is 10.6. The minimum Gasteiger partial charge on any atom is -0.324 e. The van der Waals surface area contributed by atoms with Gasteiger partial charge in [0.25, 0.3) is 0 Å². The van der Waals surface area contributed by atoms with Crippen LogP contribution in [0.3, 0.4) is 0 Å². The van der Waals surface area contributed by atoms with E-state index in [-0.39, 0.29) is 12.5 Å². The third kappa shape index (κ3) is 5.98. The van der Waals surface area contributed by atoms with Crippen molar-refractivity contribution in [3.05, 3.63) is 66.2 Å². The Morgan fingerprint density at radius 1 is 1.10 bits per heavy atom. The summed E-state index contributed by atoms with van der Waals surface area (Å²) < 4.78 is 27.4. The minimum atomic E-state index is -3.52. The molecule has 0 aromatic heterocycles. The lowest BCUT2D eigenvalue weighted by molar-refractivity contribution is -0.117. The van der Waals surface area contributed by atoms with Gasteiger partial charge in [-0.2, -0.15) is 4.31 Å². The second-order valence-electron chi connectivity index (χ2n) is 7.57. The smallest absolute Gasteiger partial charge is 0.243 e. The summed E-state index contributed by atoms with van der Waals surface area (Å²) in [5.41, 5.74) is 2.82. The Labute approximate surface area is 189 Å². The van der Waals surface area contributed by atoms with Gasteiger partial charge in [-0.15, -0.1) is 18.3 Å². The van der Waals surface area contributed by atoms with E-state index in [1.807, 2.05) is 55.2 Å². The molecule has 1 heterocycles. The number of nitrogens with one attached hydrogen (secondary N) is 1. The Hall–Kier alpha value is -2.13. The van der Waals surface area contributed by atoms with E-state index in [0.29, 0.717) is 31.1 Å². The second kappa shape index (κ2) is 10.5. The minimum absolute atomic E-state index is 0.0999. The number of anilines is 1. The summed E-state index contributed by atoms with van der Waals surface area (Å²) in [5.74, 6) is 0.668. The van der Waals surface area contributed by atoms with Gasteiger partial charge in [-0.05, 0) is 49.2 Å². The van der Waals surface area contributed by atoms with Gasteiger partial charge >= 0.3 is 0 Å². The zero-order chi connectivity index (χ0) is 22.4. The van der Waals surface area contributed by atoms with Crippen molar-refractivity contribution in [2.45, 2.75) is 23.6 Å². The van der Waals surface area contributed by atoms with Crippen molar-refractivity contribution in [2.75, 3.05) is 43.8 Å². The quantitative estimate of drug-likeness (QED) is 0.483. The van der Waals surface area contributed by atoms with Gasteiger partial charge < -0.3 is 5.32 Å². The van der Waals surface area contributed by atoms with E-state index in [4.69, 9.17) is 0 Å². The van der Waals surface area contributed by atoms with Crippen LogP contribution in [0.2, 0.25) is 0 Å².